The summed E-state index contributed by atoms with van der Waals surface area (Å²) in [5, 5.41) is 0. The quantitative estimate of drug-likeness (QED) is 0.0532. The lowest BCUT2D eigenvalue weighted by molar-refractivity contribution is -0.169. The Balaban J connectivity index is 1.10. The summed E-state index contributed by atoms with van der Waals surface area (Å²) in [5.41, 5.74) is 15.3. The van der Waals surface area contributed by atoms with Crippen molar-refractivity contribution in [2.45, 2.75) is 77.3 Å². The van der Waals surface area contributed by atoms with Gasteiger partial charge in [-0.05, 0) is 85.8 Å². The zero-order valence-corrected chi connectivity index (χ0v) is 30.5. The van der Waals surface area contributed by atoms with Crippen LogP contribution in [0.15, 0.2) is 84.9 Å². The number of carbonyl (C=O) groups excluding carboxylic acids is 4. The van der Waals surface area contributed by atoms with E-state index in [-0.39, 0.29) is 48.7 Å². The molecule has 0 bridgehead atoms. The fraction of sp³-hybridized carbons (Fsp3) is 0.400. The summed E-state index contributed by atoms with van der Waals surface area (Å²) in [6.07, 6.45) is 5.28. The van der Waals surface area contributed by atoms with E-state index in [9.17, 15) is 19.2 Å². The number of aryl methyl sites for hydroxylation is 2. The van der Waals surface area contributed by atoms with Crippen molar-refractivity contribution in [3.05, 3.63) is 116 Å². The maximum Gasteiger partial charge on any atom is 0.417 e. The maximum absolute atomic E-state index is 12.7. The van der Waals surface area contributed by atoms with Crippen LogP contribution >= 0.6 is 22.7 Å². The number of hydrogen-bond acceptors (Lipinski definition) is 10. The van der Waals surface area contributed by atoms with Crippen LogP contribution in [0.2, 0.25) is 0 Å². The summed E-state index contributed by atoms with van der Waals surface area (Å²) in [7, 11) is 0. The Morgan fingerprint density at radius 1 is 0.580 bits per heavy atom. The van der Waals surface area contributed by atoms with Crippen LogP contribution in [0.5, 0.6) is 0 Å². The monoisotopic (exact) mass is 716 g/mol. The molecule has 0 aliphatic carbocycles. The molecule has 2 aromatic carbocycles. The van der Waals surface area contributed by atoms with E-state index in [0.29, 0.717) is 35.4 Å². The van der Waals surface area contributed by atoms with Crippen LogP contribution in [-0.4, -0.2) is 36.7 Å². The molecule has 10 heteroatoms. The van der Waals surface area contributed by atoms with E-state index in [2.05, 4.69) is 24.3 Å². The van der Waals surface area contributed by atoms with Crippen LogP contribution in [0, 0.1) is 11.8 Å². The van der Waals surface area contributed by atoms with Crippen molar-refractivity contribution in [1.82, 2.24) is 0 Å². The molecule has 8 nitrogen and oxygen atoms in total. The summed E-state index contributed by atoms with van der Waals surface area (Å²) < 4.78 is 10.4. The van der Waals surface area contributed by atoms with Gasteiger partial charge in [0.2, 0.25) is 0 Å². The Morgan fingerprint density at radius 2 is 0.960 bits per heavy atom. The van der Waals surface area contributed by atoms with Gasteiger partial charge in [0.15, 0.2) is 11.6 Å². The van der Waals surface area contributed by atoms with Gasteiger partial charge in [-0.1, -0.05) is 74.5 Å². The largest absolute Gasteiger partial charge is 0.457 e. The molecule has 0 aliphatic rings. The second kappa shape index (κ2) is 20.0. The number of nitrogens with two attached hydrogens (primary N) is 2. The highest BCUT2D eigenvalue weighted by atomic mass is 32.1. The van der Waals surface area contributed by atoms with E-state index < -0.39 is 11.9 Å². The van der Waals surface area contributed by atoms with Gasteiger partial charge in [0.05, 0.1) is 23.0 Å². The molecule has 0 amide bonds. The lowest BCUT2D eigenvalue weighted by Crippen LogP contribution is -2.26. The molecule has 0 spiro atoms. The van der Waals surface area contributed by atoms with Gasteiger partial charge in [0.25, 0.3) is 0 Å². The highest BCUT2D eigenvalue weighted by Gasteiger charge is 2.23. The van der Waals surface area contributed by atoms with Crippen molar-refractivity contribution in [3.8, 4) is 0 Å². The normalized spacial score (nSPS) is 13.6. The third kappa shape index (κ3) is 12.7. The topological polar surface area (TPSA) is 139 Å². The van der Waals surface area contributed by atoms with Crippen molar-refractivity contribution >= 4 is 46.2 Å². The van der Waals surface area contributed by atoms with Gasteiger partial charge in [-0.2, -0.15) is 0 Å². The van der Waals surface area contributed by atoms with Gasteiger partial charge < -0.3 is 20.9 Å². The van der Waals surface area contributed by atoms with E-state index in [1.165, 1.54) is 33.8 Å². The number of thiophene rings is 2. The van der Waals surface area contributed by atoms with Crippen molar-refractivity contribution in [2.24, 2.45) is 23.3 Å². The van der Waals surface area contributed by atoms with Crippen LogP contribution < -0.4 is 11.5 Å². The lowest BCUT2D eigenvalue weighted by atomic mass is 10.0. The maximum atomic E-state index is 12.7. The Morgan fingerprint density at radius 3 is 1.34 bits per heavy atom. The third-order valence-electron chi connectivity index (χ3n) is 8.44. The third-order valence-corrected chi connectivity index (χ3v) is 11.0. The molecular formula is C40H48N2O6S2. The zero-order chi connectivity index (χ0) is 35.9. The van der Waals surface area contributed by atoms with Gasteiger partial charge >= 0.3 is 11.9 Å². The van der Waals surface area contributed by atoms with E-state index in [0.717, 1.165) is 35.4 Å². The molecule has 266 valence electrons. The molecule has 2 unspecified atom stereocenters. The first-order valence-corrected chi connectivity index (χ1v) is 18.9. The molecule has 2 heterocycles. The molecule has 4 aromatic rings. The van der Waals surface area contributed by atoms with Gasteiger partial charge in [0.1, 0.15) is 0 Å². The molecule has 0 aliphatic heterocycles. The molecule has 0 saturated carbocycles. The van der Waals surface area contributed by atoms with E-state index in [1.54, 1.807) is 0 Å². The van der Waals surface area contributed by atoms with Gasteiger partial charge in [-0.15, -0.1) is 22.7 Å². The smallest absolute Gasteiger partial charge is 0.417 e. The number of carbonyl (C=O) groups is 4. The van der Waals surface area contributed by atoms with Crippen molar-refractivity contribution < 1.29 is 28.7 Å². The summed E-state index contributed by atoms with van der Waals surface area (Å²) >= 11 is 2.81. The SMILES string of the molecule is C[C@@H](COC(=O)C(=O)OC[C@H](C)CC(N)c1ccc(C(=O)CCCc2ccccc2)s1)CC(N)c1ccc(C(=O)CCCc2ccccc2)s1. The minimum atomic E-state index is -1.05. The summed E-state index contributed by atoms with van der Waals surface area (Å²) in [6.45, 7) is 3.81. The molecule has 2 aromatic heterocycles. The Kier molecular flexibility index (Phi) is 15.6. The fourth-order valence-electron chi connectivity index (χ4n) is 5.63. The molecule has 50 heavy (non-hydrogen) atoms. The molecule has 4 atom stereocenters. The minimum absolute atomic E-state index is 0.0183. The van der Waals surface area contributed by atoms with Crippen LogP contribution in [-0.2, 0) is 31.9 Å². The predicted molar refractivity (Wildman–Crippen MR) is 199 cm³/mol. The molecule has 0 fully saturated rings. The number of ether oxygens (including phenoxy) is 2. The molecule has 0 saturated heterocycles. The molecule has 0 radical (unpaired) electrons. The molecule has 4 rings (SSSR count). The van der Waals surface area contributed by atoms with Crippen LogP contribution in [0.4, 0.5) is 0 Å². The number of rotatable bonds is 20. The fourth-order valence-corrected chi connectivity index (χ4v) is 7.61. The Labute approximate surface area is 303 Å². The van der Waals surface area contributed by atoms with Crippen LogP contribution in [0.1, 0.15) is 105 Å². The van der Waals surface area contributed by atoms with Gasteiger partial charge in [0, 0.05) is 34.7 Å². The molecule has 4 N–H and O–H groups in total. The van der Waals surface area contributed by atoms with E-state index in [1.807, 2.05) is 74.5 Å². The zero-order valence-electron chi connectivity index (χ0n) is 28.9. The first-order chi connectivity index (χ1) is 24.1. The average molecular weight is 717 g/mol. The van der Waals surface area contributed by atoms with Crippen LogP contribution in [0.3, 0.4) is 0 Å². The van der Waals surface area contributed by atoms with Crippen molar-refractivity contribution in [3.63, 3.8) is 0 Å². The highest BCUT2D eigenvalue weighted by molar-refractivity contribution is 7.14. The molecular weight excluding hydrogens is 669 g/mol. The van der Waals surface area contributed by atoms with Crippen molar-refractivity contribution in [2.75, 3.05) is 13.2 Å². The highest BCUT2D eigenvalue weighted by Crippen LogP contribution is 2.29. The van der Waals surface area contributed by atoms with E-state index >= 15 is 0 Å². The standard InChI is InChI=1S/C40H48N2O6S2/c1-27(23-31(41)35-19-21-37(49-35)33(43)17-9-15-29-11-5-3-6-12-29)25-47-39(45)40(46)48-26-28(2)24-32(42)36-20-22-38(50-36)34(44)18-10-16-30-13-7-4-8-14-30/h3-8,11-14,19-22,27-28,31-32H,9-10,15-18,23-26,41-42H2,1-2H3/t27-,28-,31?,32?/m1/s1. The average Bonchev–Trinajstić information content (AvgIpc) is 3.82. The second-order valence-electron chi connectivity index (χ2n) is 13.0. The lowest BCUT2D eigenvalue weighted by Gasteiger charge is -2.17. The predicted octanol–water partition coefficient (Wildman–Crippen LogP) is 8.06. The number of Topliss-reactive ketones (excluding diaryl/α,β-unsaturated/α-hetero) is 2. The summed E-state index contributed by atoms with van der Waals surface area (Å²) in [6, 6.07) is 27.0. The number of hydrogen-bond donors (Lipinski definition) is 2. The second-order valence-corrected chi connectivity index (χ2v) is 15.3. The Bertz CT molecular complexity index is 1550. The number of benzene rings is 2. The van der Waals surface area contributed by atoms with Crippen molar-refractivity contribution in [1.29, 1.82) is 0 Å². The first-order valence-electron chi connectivity index (χ1n) is 17.3. The minimum Gasteiger partial charge on any atom is -0.457 e. The Hall–Kier alpha value is -3.96. The number of ketones is 2. The first kappa shape index (κ1) is 38.8. The van der Waals surface area contributed by atoms with Crippen LogP contribution in [0.25, 0.3) is 0 Å². The van der Waals surface area contributed by atoms with Gasteiger partial charge in [-0.3, -0.25) is 9.59 Å². The summed E-state index contributed by atoms with van der Waals surface area (Å²) in [5.74, 6) is -2.10. The number of esters is 2. The van der Waals surface area contributed by atoms with E-state index in [4.69, 9.17) is 20.9 Å². The summed E-state index contributed by atoms with van der Waals surface area (Å²) in [4.78, 5) is 53.2. The van der Waals surface area contributed by atoms with Gasteiger partial charge in [-0.25, -0.2) is 9.59 Å².